The van der Waals surface area contributed by atoms with Gasteiger partial charge in [0.05, 0.1) is 6.10 Å². The first-order valence-electron chi connectivity index (χ1n) is 5.45. The van der Waals surface area contributed by atoms with Crippen LogP contribution < -0.4 is 4.90 Å². The van der Waals surface area contributed by atoms with Crippen molar-refractivity contribution in [2.24, 2.45) is 0 Å². The number of anilines is 1. The summed E-state index contributed by atoms with van der Waals surface area (Å²) < 4.78 is 0. The monoisotopic (exact) mass is 207 g/mol. The number of fused-ring (bicyclic) bond motifs is 1. The number of aliphatic hydroxyl groups is 1. The van der Waals surface area contributed by atoms with Crippen molar-refractivity contribution in [3.63, 3.8) is 0 Å². The van der Waals surface area contributed by atoms with Gasteiger partial charge in [-0.1, -0.05) is 6.92 Å². The zero-order valence-corrected chi connectivity index (χ0v) is 8.98. The van der Waals surface area contributed by atoms with Crippen LogP contribution >= 0.6 is 0 Å². The van der Waals surface area contributed by atoms with E-state index in [1.807, 2.05) is 19.1 Å². The van der Waals surface area contributed by atoms with Crippen LogP contribution in [-0.2, 0) is 6.42 Å². The standard InChI is InChI=1S/C12H17NO2/c1-2-10(14)8-13-6-5-9-7-11(15)3-4-12(9)13/h3-4,7,10,14-15H,2,5-6,8H2,1H3. The van der Waals surface area contributed by atoms with Crippen molar-refractivity contribution in [1.29, 1.82) is 0 Å². The molecule has 0 amide bonds. The van der Waals surface area contributed by atoms with E-state index in [4.69, 9.17) is 0 Å². The van der Waals surface area contributed by atoms with Gasteiger partial charge >= 0.3 is 0 Å². The lowest BCUT2D eigenvalue weighted by Crippen LogP contribution is -2.30. The fourth-order valence-corrected chi connectivity index (χ4v) is 2.03. The summed E-state index contributed by atoms with van der Waals surface area (Å²) in [7, 11) is 0. The molecule has 0 bridgehead atoms. The largest absolute Gasteiger partial charge is 0.508 e. The smallest absolute Gasteiger partial charge is 0.116 e. The summed E-state index contributed by atoms with van der Waals surface area (Å²) in [5.41, 5.74) is 2.33. The van der Waals surface area contributed by atoms with Crippen LogP contribution in [-0.4, -0.2) is 29.4 Å². The van der Waals surface area contributed by atoms with Crippen LogP contribution in [0.4, 0.5) is 5.69 Å². The highest BCUT2D eigenvalue weighted by Crippen LogP contribution is 2.30. The average molecular weight is 207 g/mol. The van der Waals surface area contributed by atoms with Gasteiger partial charge in [0.15, 0.2) is 0 Å². The number of aromatic hydroxyl groups is 1. The van der Waals surface area contributed by atoms with Crippen LogP contribution in [0.25, 0.3) is 0 Å². The number of rotatable bonds is 3. The van der Waals surface area contributed by atoms with E-state index in [0.29, 0.717) is 12.3 Å². The normalized spacial score (nSPS) is 16.5. The molecular formula is C12H17NO2. The van der Waals surface area contributed by atoms with Gasteiger partial charge in [-0.05, 0) is 36.6 Å². The maximum Gasteiger partial charge on any atom is 0.116 e. The van der Waals surface area contributed by atoms with Gasteiger partial charge < -0.3 is 15.1 Å². The van der Waals surface area contributed by atoms with Crippen molar-refractivity contribution in [3.05, 3.63) is 23.8 Å². The van der Waals surface area contributed by atoms with Crippen LogP contribution in [0.1, 0.15) is 18.9 Å². The van der Waals surface area contributed by atoms with E-state index in [-0.39, 0.29) is 6.10 Å². The number of benzene rings is 1. The highest BCUT2D eigenvalue weighted by atomic mass is 16.3. The highest BCUT2D eigenvalue weighted by Gasteiger charge is 2.20. The Kier molecular flexibility index (Phi) is 2.82. The van der Waals surface area contributed by atoms with E-state index in [0.717, 1.165) is 25.1 Å². The third kappa shape index (κ3) is 2.07. The van der Waals surface area contributed by atoms with E-state index < -0.39 is 0 Å². The molecule has 0 spiro atoms. The minimum absolute atomic E-state index is 0.259. The summed E-state index contributed by atoms with van der Waals surface area (Å²) >= 11 is 0. The van der Waals surface area contributed by atoms with Gasteiger partial charge in [-0.2, -0.15) is 0 Å². The topological polar surface area (TPSA) is 43.7 Å². The van der Waals surface area contributed by atoms with Gasteiger partial charge in [-0.3, -0.25) is 0 Å². The Balaban J connectivity index is 2.14. The Bertz CT molecular complexity index is 351. The number of hydrogen-bond donors (Lipinski definition) is 2. The number of β-amino-alcohol motifs (C(OH)–C–C–N with tert-alkyl or cyclic N) is 1. The van der Waals surface area contributed by atoms with Gasteiger partial charge in [0.1, 0.15) is 5.75 Å². The second-order valence-electron chi connectivity index (χ2n) is 4.07. The van der Waals surface area contributed by atoms with Crippen LogP contribution in [0, 0.1) is 0 Å². The third-order valence-corrected chi connectivity index (χ3v) is 2.96. The van der Waals surface area contributed by atoms with E-state index in [9.17, 15) is 10.2 Å². The molecule has 1 aliphatic heterocycles. The maximum atomic E-state index is 9.61. The minimum Gasteiger partial charge on any atom is -0.508 e. The van der Waals surface area contributed by atoms with E-state index in [1.54, 1.807) is 6.07 Å². The molecule has 1 aliphatic rings. The fourth-order valence-electron chi connectivity index (χ4n) is 2.03. The van der Waals surface area contributed by atoms with Crippen molar-refractivity contribution in [2.45, 2.75) is 25.9 Å². The van der Waals surface area contributed by atoms with Crippen molar-refractivity contribution in [1.82, 2.24) is 0 Å². The molecule has 2 N–H and O–H groups in total. The van der Waals surface area contributed by atoms with Gasteiger partial charge in [-0.25, -0.2) is 0 Å². The second kappa shape index (κ2) is 4.11. The molecule has 0 aliphatic carbocycles. The Morgan fingerprint density at radius 3 is 3.00 bits per heavy atom. The first-order chi connectivity index (χ1) is 7.20. The number of phenols is 1. The number of nitrogens with zero attached hydrogens (tertiary/aromatic N) is 1. The molecule has 2 rings (SSSR count). The molecule has 1 aromatic carbocycles. The number of phenolic OH excluding ortho intramolecular Hbond substituents is 1. The molecule has 0 saturated heterocycles. The molecule has 0 saturated carbocycles. The zero-order valence-electron chi connectivity index (χ0n) is 8.98. The molecule has 0 aromatic heterocycles. The van der Waals surface area contributed by atoms with Crippen molar-refractivity contribution in [2.75, 3.05) is 18.0 Å². The Morgan fingerprint density at radius 2 is 2.27 bits per heavy atom. The number of aliphatic hydroxyl groups excluding tert-OH is 1. The van der Waals surface area contributed by atoms with Crippen LogP contribution in [0.3, 0.4) is 0 Å². The second-order valence-corrected chi connectivity index (χ2v) is 4.07. The third-order valence-electron chi connectivity index (χ3n) is 2.96. The molecule has 15 heavy (non-hydrogen) atoms. The summed E-state index contributed by atoms with van der Waals surface area (Å²) in [6.45, 7) is 3.61. The first-order valence-corrected chi connectivity index (χ1v) is 5.45. The molecule has 0 radical (unpaired) electrons. The molecule has 1 atom stereocenters. The molecule has 1 unspecified atom stereocenters. The summed E-state index contributed by atoms with van der Waals surface area (Å²) in [6.07, 6.45) is 1.48. The Labute approximate surface area is 90.0 Å². The predicted molar refractivity (Wildman–Crippen MR) is 60.3 cm³/mol. The number of hydrogen-bond acceptors (Lipinski definition) is 3. The SMILES string of the molecule is CCC(O)CN1CCc2cc(O)ccc21. The summed E-state index contributed by atoms with van der Waals surface area (Å²) in [5, 5.41) is 19.0. The summed E-state index contributed by atoms with van der Waals surface area (Å²) in [6, 6.07) is 5.45. The molecule has 0 fully saturated rings. The molecule has 1 heterocycles. The minimum atomic E-state index is -0.259. The van der Waals surface area contributed by atoms with Gasteiger partial charge in [0, 0.05) is 18.8 Å². The summed E-state index contributed by atoms with van der Waals surface area (Å²) in [4.78, 5) is 2.18. The van der Waals surface area contributed by atoms with Crippen molar-refractivity contribution < 1.29 is 10.2 Å². The lowest BCUT2D eigenvalue weighted by atomic mass is 10.1. The van der Waals surface area contributed by atoms with Gasteiger partial charge in [-0.15, -0.1) is 0 Å². The quantitative estimate of drug-likeness (QED) is 0.790. The Hall–Kier alpha value is -1.22. The fraction of sp³-hybridized carbons (Fsp3) is 0.500. The lowest BCUT2D eigenvalue weighted by molar-refractivity contribution is 0.176. The van der Waals surface area contributed by atoms with Crippen molar-refractivity contribution >= 4 is 5.69 Å². The molecule has 3 heteroatoms. The van der Waals surface area contributed by atoms with E-state index >= 15 is 0 Å². The molecule has 3 nitrogen and oxygen atoms in total. The van der Waals surface area contributed by atoms with Crippen molar-refractivity contribution in [3.8, 4) is 5.75 Å². The molecule has 1 aromatic rings. The van der Waals surface area contributed by atoms with Crippen LogP contribution in [0.2, 0.25) is 0 Å². The molecular weight excluding hydrogens is 190 g/mol. The van der Waals surface area contributed by atoms with Gasteiger partial charge in [0.25, 0.3) is 0 Å². The lowest BCUT2D eigenvalue weighted by Gasteiger charge is -2.22. The van der Waals surface area contributed by atoms with Gasteiger partial charge in [0.2, 0.25) is 0 Å². The predicted octanol–water partition coefficient (Wildman–Crippen LogP) is 1.53. The average Bonchev–Trinajstić information content (AvgIpc) is 2.60. The van der Waals surface area contributed by atoms with E-state index in [2.05, 4.69) is 4.90 Å². The Morgan fingerprint density at radius 1 is 1.47 bits per heavy atom. The molecule has 82 valence electrons. The zero-order chi connectivity index (χ0) is 10.8. The maximum absolute atomic E-state index is 9.61. The van der Waals surface area contributed by atoms with E-state index in [1.165, 1.54) is 5.56 Å². The van der Waals surface area contributed by atoms with Crippen LogP contribution in [0.5, 0.6) is 5.75 Å². The first kappa shape index (κ1) is 10.3. The highest BCUT2D eigenvalue weighted by molar-refractivity contribution is 5.60. The van der Waals surface area contributed by atoms with Crippen LogP contribution in [0.15, 0.2) is 18.2 Å². The summed E-state index contributed by atoms with van der Waals surface area (Å²) in [5.74, 6) is 0.326.